The molecule has 0 saturated heterocycles. The molecular formula is C27H22ClFN2O4. The number of benzene rings is 3. The quantitative estimate of drug-likeness (QED) is 0.505. The van der Waals surface area contributed by atoms with Crippen LogP contribution in [0.2, 0.25) is 5.02 Å². The Bertz CT molecular complexity index is 1330. The van der Waals surface area contributed by atoms with Gasteiger partial charge in [-0.2, -0.15) is 0 Å². The second-order valence-electron chi connectivity index (χ2n) is 8.68. The van der Waals surface area contributed by atoms with Gasteiger partial charge < -0.3 is 15.4 Å². The zero-order valence-corrected chi connectivity index (χ0v) is 19.6. The van der Waals surface area contributed by atoms with E-state index in [2.05, 4.69) is 10.6 Å². The highest BCUT2D eigenvalue weighted by Gasteiger charge is 2.35. The largest absolute Gasteiger partial charge is 0.449 e. The van der Waals surface area contributed by atoms with Crippen LogP contribution in [0.25, 0.3) is 11.1 Å². The van der Waals surface area contributed by atoms with Gasteiger partial charge in [0.25, 0.3) is 0 Å². The molecule has 0 bridgehead atoms. The average Bonchev–Trinajstić information content (AvgIpc) is 3.16. The SMILES string of the molecule is CC(=O)Nc1cc(F)c(Cl)c2c1C(=O)C(NC(=O)OCC1c3ccccc3-c3ccccc31)CC2. The van der Waals surface area contributed by atoms with Gasteiger partial charge >= 0.3 is 6.09 Å². The normalized spacial score (nSPS) is 16.2. The summed E-state index contributed by atoms with van der Waals surface area (Å²) in [6.45, 7) is 1.38. The van der Waals surface area contributed by atoms with Crippen LogP contribution in [-0.4, -0.2) is 30.4 Å². The third-order valence-corrected chi connectivity index (χ3v) is 6.92. The number of carbonyl (C=O) groups is 3. The van der Waals surface area contributed by atoms with Gasteiger partial charge in [-0.15, -0.1) is 0 Å². The van der Waals surface area contributed by atoms with E-state index in [1.54, 1.807) is 0 Å². The Hall–Kier alpha value is -3.71. The lowest BCUT2D eigenvalue weighted by Gasteiger charge is -2.27. The van der Waals surface area contributed by atoms with Crippen LogP contribution in [0.3, 0.4) is 0 Å². The third kappa shape index (κ3) is 4.17. The molecule has 178 valence electrons. The molecule has 0 fully saturated rings. The average molecular weight is 493 g/mol. The van der Waals surface area contributed by atoms with Gasteiger partial charge in [-0.3, -0.25) is 9.59 Å². The molecule has 1 atom stereocenters. The van der Waals surface area contributed by atoms with E-state index in [0.717, 1.165) is 28.3 Å². The highest BCUT2D eigenvalue weighted by atomic mass is 35.5. The maximum atomic E-state index is 14.2. The molecule has 3 aromatic rings. The number of anilines is 1. The second kappa shape index (κ2) is 9.15. The van der Waals surface area contributed by atoms with Crippen molar-refractivity contribution >= 4 is 35.1 Å². The van der Waals surface area contributed by atoms with Crippen LogP contribution in [0, 0.1) is 5.82 Å². The van der Waals surface area contributed by atoms with Crippen LogP contribution in [0.1, 0.15) is 46.3 Å². The minimum absolute atomic E-state index is 0.0402. The number of Topliss-reactive ketones (excluding diaryl/α,β-unsaturated/α-hetero) is 1. The van der Waals surface area contributed by atoms with Crippen molar-refractivity contribution < 1.29 is 23.5 Å². The fourth-order valence-electron chi connectivity index (χ4n) is 5.00. The van der Waals surface area contributed by atoms with Gasteiger partial charge in [0.15, 0.2) is 5.78 Å². The Balaban J connectivity index is 1.31. The van der Waals surface area contributed by atoms with Gasteiger partial charge in [0.1, 0.15) is 12.4 Å². The number of fused-ring (bicyclic) bond motifs is 4. The van der Waals surface area contributed by atoms with Crippen molar-refractivity contribution in [1.29, 1.82) is 0 Å². The first-order valence-corrected chi connectivity index (χ1v) is 11.7. The van der Waals surface area contributed by atoms with Crippen LogP contribution in [0.15, 0.2) is 54.6 Å². The van der Waals surface area contributed by atoms with Gasteiger partial charge in [-0.1, -0.05) is 60.1 Å². The van der Waals surface area contributed by atoms with Gasteiger partial charge in [0.2, 0.25) is 5.91 Å². The molecule has 6 nitrogen and oxygen atoms in total. The molecule has 3 aromatic carbocycles. The summed E-state index contributed by atoms with van der Waals surface area (Å²) in [7, 11) is 0. The van der Waals surface area contributed by atoms with E-state index in [9.17, 15) is 18.8 Å². The summed E-state index contributed by atoms with van der Waals surface area (Å²) in [5, 5.41) is 4.97. The Morgan fingerprint density at radius 1 is 1.09 bits per heavy atom. The van der Waals surface area contributed by atoms with E-state index >= 15 is 0 Å². The zero-order valence-electron chi connectivity index (χ0n) is 18.9. The van der Waals surface area contributed by atoms with Crippen molar-refractivity contribution in [1.82, 2.24) is 5.32 Å². The minimum Gasteiger partial charge on any atom is -0.449 e. The summed E-state index contributed by atoms with van der Waals surface area (Å²) >= 11 is 6.09. The number of hydrogen-bond donors (Lipinski definition) is 2. The van der Waals surface area contributed by atoms with E-state index in [0.29, 0.717) is 5.56 Å². The second-order valence-corrected chi connectivity index (χ2v) is 9.06. The molecule has 8 heteroatoms. The number of rotatable bonds is 4. The van der Waals surface area contributed by atoms with Crippen LogP contribution in [0.5, 0.6) is 0 Å². The third-order valence-electron chi connectivity index (χ3n) is 6.51. The van der Waals surface area contributed by atoms with Crippen molar-refractivity contribution in [3.05, 3.63) is 87.7 Å². The van der Waals surface area contributed by atoms with Crippen LogP contribution in [-0.2, 0) is 16.0 Å². The molecule has 2 aliphatic rings. The highest BCUT2D eigenvalue weighted by Crippen LogP contribution is 2.44. The molecule has 0 spiro atoms. The molecule has 2 N–H and O–H groups in total. The van der Waals surface area contributed by atoms with E-state index < -0.39 is 29.6 Å². The smallest absolute Gasteiger partial charge is 0.407 e. The van der Waals surface area contributed by atoms with Gasteiger partial charge in [-0.05, 0) is 46.7 Å². The zero-order chi connectivity index (χ0) is 24.7. The molecule has 1 unspecified atom stereocenters. The van der Waals surface area contributed by atoms with E-state index in [1.807, 2.05) is 48.5 Å². The van der Waals surface area contributed by atoms with Crippen molar-refractivity contribution in [3.8, 4) is 11.1 Å². The fourth-order valence-corrected chi connectivity index (χ4v) is 5.24. The van der Waals surface area contributed by atoms with Gasteiger partial charge in [-0.25, -0.2) is 9.18 Å². The Morgan fingerprint density at radius 2 is 1.71 bits per heavy atom. The topological polar surface area (TPSA) is 84.5 Å². The number of halogens is 2. The number of alkyl carbamates (subject to hydrolysis) is 1. The lowest BCUT2D eigenvalue weighted by Crippen LogP contribution is -2.44. The fraction of sp³-hybridized carbons (Fsp3) is 0.222. The number of ether oxygens (including phenoxy) is 1. The lowest BCUT2D eigenvalue weighted by atomic mass is 9.85. The lowest BCUT2D eigenvalue weighted by molar-refractivity contribution is -0.114. The summed E-state index contributed by atoms with van der Waals surface area (Å²) in [6.07, 6.45) is -0.222. The van der Waals surface area contributed by atoms with Gasteiger partial charge in [0, 0.05) is 18.4 Å². The Morgan fingerprint density at radius 3 is 2.34 bits per heavy atom. The molecule has 2 amide bonds. The molecule has 0 radical (unpaired) electrons. The summed E-state index contributed by atoms with van der Waals surface area (Å²) < 4.78 is 19.8. The predicted octanol–water partition coefficient (Wildman–Crippen LogP) is 5.47. The van der Waals surface area contributed by atoms with Crippen molar-refractivity contribution in [2.75, 3.05) is 11.9 Å². The molecule has 0 aliphatic heterocycles. The van der Waals surface area contributed by atoms with E-state index in [4.69, 9.17) is 16.3 Å². The Labute approximate surface area is 206 Å². The monoisotopic (exact) mass is 492 g/mol. The van der Waals surface area contributed by atoms with Crippen molar-refractivity contribution in [3.63, 3.8) is 0 Å². The first kappa shape index (κ1) is 23.1. The molecule has 0 heterocycles. The van der Waals surface area contributed by atoms with Crippen molar-refractivity contribution in [2.24, 2.45) is 0 Å². The standard InChI is InChI=1S/C27H22ClFN2O4/c1-14(32)30-23-12-21(29)25(28)19-10-11-22(26(33)24(19)23)31-27(34)35-13-20-17-8-4-2-6-15(17)16-7-3-5-9-18(16)20/h2-9,12,20,22H,10-11,13H2,1H3,(H,30,32)(H,31,34). The predicted molar refractivity (Wildman–Crippen MR) is 130 cm³/mol. The minimum atomic E-state index is -0.882. The highest BCUT2D eigenvalue weighted by molar-refractivity contribution is 6.32. The number of amides is 2. The molecule has 35 heavy (non-hydrogen) atoms. The number of ketones is 1. The Kier molecular flexibility index (Phi) is 6.03. The van der Waals surface area contributed by atoms with Crippen molar-refractivity contribution in [2.45, 2.75) is 31.7 Å². The van der Waals surface area contributed by atoms with Crippen LogP contribution in [0.4, 0.5) is 14.9 Å². The van der Waals surface area contributed by atoms with Crippen LogP contribution >= 0.6 is 11.6 Å². The maximum Gasteiger partial charge on any atom is 0.407 e. The summed E-state index contributed by atoms with van der Waals surface area (Å²) in [4.78, 5) is 37.5. The molecule has 5 rings (SSSR count). The molecule has 2 aliphatic carbocycles. The molecule has 0 saturated carbocycles. The number of nitrogens with one attached hydrogen (secondary N) is 2. The number of hydrogen-bond acceptors (Lipinski definition) is 4. The summed E-state index contributed by atoms with van der Waals surface area (Å²) in [5.74, 6) is -1.73. The summed E-state index contributed by atoms with van der Waals surface area (Å²) in [6, 6.07) is 16.2. The molecule has 0 aromatic heterocycles. The molecular weight excluding hydrogens is 471 g/mol. The first-order valence-electron chi connectivity index (χ1n) is 11.3. The maximum absolute atomic E-state index is 14.2. The summed E-state index contributed by atoms with van der Waals surface area (Å²) in [5.41, 5.74) is 4.88. The van der Waals surface area contributed by atoms with Gasteiger partial charge in [0.05, 0.1) is 16.8 Å². The first-order chi connectivity index (χ1) is 16.8. The van der Waals surface area contributed by atoms with E-state index in [1.165, 1.54) is 6.92 Å². The van der Waals surface area contributed by atoms with E-state index in [-0.39, 0.29) is 41.6 Å². The number of carbonyl (C=O) groups excluding carboxylic acids is 3. The van der Waals surface area contributed by atoms with Crippen LogP contribution < -0.4 is 10.6 Å².